The van der Waals surface area contributed by atoms with Crippen LogP contribution in [0.1, 0.15) is 27.7 Å². The van der Waals surface area contributed by atoms with E-state index in [-0.39, 0.29) is 11.2 Å². The highest BCUT2D eigenvalue weighted by Gasteiger charge is 2.52. The summed E-state index contributed by atoms with van der Waals surface area (Å²) in [6, 6.07) is 140. The summed E-state index contributed by atoms with van der Waals surface area (Å²) in [7, 11) is -0.403. The summed E-state index contributed by atoms with van der Waals surface area (Å²) in [4.78, 5) is 10.4. The van der Waals surface area contributed by atoms with Crippen LogP contribution in [0, 0.1) is 0 Å². The van der Waals surface area contributed by atoms with Gasteiger partial charge in [-0.1, -0.05) is 277 Å². The topological polar surface area (TPSA) is 72.8 Å². The van der Waals surface area contributed by atoms with E-state index in [1.165, 1.54) is 141 Å². The molecule has 0 saturated carbocycles. The van der Waals surface area contributed by atoms with Gasteiger partial charge in [0.1, 0.15) is 11.3 Å². The number of imidazole rings is 2. The zero-order valence-corrected chi connectivity index (χ0v) is 69.9. The molecular weight excluding hydrogens is 1580 g/mol. The highest BCUT2D eigenvalue weighted by atomic mass is 79.9. The molecule has 1 saturated heterocycles. The van der Waals surface area contributed by atoms with E-state index in [0.29, 0.717) is 0 Å². The standard InChI is InChI=1S/C53H32N4.C30H19BrN2.C29H25BN2O2/c1-2-14-38-33(13-1)25-27-43-44-31-34(26-28-50(44)57-51-24-12-7-19-45(51)54-53(57)52(38)43)35-29-36(55-46-20-8-3-15-39(46)40-16-4-9-21-47(40)55)32-37(30-35)56-48-22-10-5-17-41(48)42-18-6-11-23-49(42)56;31-20-17-21(32-27-13-5-1-9-23(27)24-10-2-6-14-28(24)32)19-22(18-20)33-29-15-7-3-11-25(29)26-12-4-8-16-30(26)33;1-28(2)29(3,4)34-30(33-28)19-14-16-24-22(17-19)21-15-13-18-9-5-6-10-20(18)26(21)27-31-23-11-7-8-12-25(23)32(24)27/h1-32H;1-19H;5-17H,1-4H3. The van der Waals surface area contributed by atoms with Crippen molar-refractivity contribution >= 4 is 214 Å². The third kappa shape index (κ3) is 10.9. The molecule has 0 aliphatic carbocycles. The lowest BCUT2D eigenvalue weighted by atomic mass is 9.78. The fraction of sp³-hybridized carbons (Fsp3) is 0.0536. The molecule has 26 aromatic rings. The van der Waals surface area contributed by atoms with Gasteiger partial charge < -0.3 is 27.6 Å². The number of nitrogens with zero attached hydrogens (tertiary/aromatic N) is 8. The molecule has 0 amide bonds. The summed E-state index contributed by atoms with van der Waals surface area (Å²) in [5.41, 5.74) is 25.2. The minimum absolute atomic E-state index is 0.380. The molecule has 18 aromatic carbocycles. The number of para-hydroxylation sites is 12. The Balaban J connectivity index is 0.000000108. The van der Waals surface area contributed by atoms with Crippen molar-refractivity contribution in [1.82, 2.24) is 37.0 Å². The predicted octanol–water partition coefficient (Wildman–Crippen LogP) is 28.7. The van der Waals surface area contributed by atoms with Gasteiger partial charge >= 0.3 is 7.12 Å². The van der Waals surface area contributed by atoms with Crippen molar-refractivity contribution < 1.29 is 9.31 Å². The van der Waals surface area contributed by atoms with Crippen molar-refractivity contribution in [2.45, 2.75) is 38.9 Å². The van der Waals surface area contributed by atoms with E-state index in [4.69, 9.17) is 19.3 Å². The van der Waals surface area contributed by atoms with Gasteiger partial charge in [-0.25, -0.2) is 9.97 Å². The van der Waals surface area contributed by atoms with Crippen LogP contribution in [0.25, 0.3) is 219 Å². The van der Waals surface area contributed by atoms with Gasteiger partial charge in [0.05, 0.1) is 88.4 Å². The highest BCUT2D eigenvalue weighted by Crippen LogP contribution is 2.46. The van der Waals surface area contributed by atoms with E-state index in [1.54, 1.807) is 0 Å². The number of aromatic nitrogens is 8. The van der Waals surface area contributed by atoms with Crippen molar-refractivity contribution in [3.63, 3.8) is 0 Å². The van der Waals surface area contributed by atoms with Gasteiger partial charge in [-0.05, 0) is 204 Å². The number of hydrogen-bond acceptors (Lipinski definition) is 4. The lowest BCUT2D eigenvalue weighted by Gasteiger charge is -2.32. The molecule has 1 fully saturated rings. The van der Waals surface area contributed by atoms with Crippen LogP contribution in [0.2, 0.25) is 0 Å². The zero-order valence-electron chi connectivity index (χ0n) is 68.3. The Morgan fingerprint density at radius 3 is 0.903 bits per heavy atom. The zero-order chi connectivity index (χ0) is 82.4. The minimum Gasteiger partial charge on any atom is -0.399 e. The average Bonchev–Trinajstić information content (AvgIpc) is 1.49. The van der Waals surface area contributed by atoms with E-state index in [0.717, 1.165) is 88.2 Å². The van der Waals surface area contributed by atoms with Crippen molar-refractivity contribution in [2.24, 2.45) is 0 Å². The molecule has 12 heteroatoms. The van der Waals surface area contributed by atoms with Gasteiger partial charge in [0.2, 0.25) is 0 Å². The van der Waals surface area contributed by atoms with Crippen LogP contribution in [0.4, 0.5) is 0 Å². The maximum atomic E-state index is 6.38. The number of benzene rings is 18. The summed E-state index contributed by atoms with van der Waals surface area (Å²) >= 11 is 3.81. The summed E-state index contributed by atoms with van der Waals surface area (Å²) in [6.07, 6.45) is 0. The monoisotopic (exact) mass is 1650 g/mol. The Hall–Kier alpha value is -14.9. The fourth-order valence-electron chi connectivity index (χ4n) is 20.2. The Kier molecular flexibility index (Phi) is 16.0. The molecule has 0 N–H and O–H groups in total. The third-order valence-corrected chi connectivity index (χ3v) is 26.9. The van der Waals surface area contributed by atoms with Gasteiger partial charge in [0.25, 0.3) is 0 Å². The van der Waals surface area contributed by atoms with Crippen LogP contribution in [0.15, 0.2) is 393 Å². The van der Waals surface area contributed by atoms with Crippen molar-refractivity contribution in [3.05, 3.63) is 393 Å². The number of fused-ring (bicyclic) bond motifs is 32. The van der Waals surface area contributed by atoms with Crippen LogP contribution >= 0.6 is 15.9 Å². The Labute approximate surface area is 720 Å². The SMILES string of the molecule is Brc1cc(-n2c3ccccc3c3ccccc32)cc(-n2c3ccccc3c3ccccc32)c1.CC1(C)OB(c2ccc3c(c2)c2ccc4ccccc4c2c2nc4ccccc4n32)OC1(C)C.c1ccc2c(c1)ccc1c3cc(-c4cc(-n5c6ccccc6c6ccccc65)cc(-n5c6ccccc6c6ccccc65)c4)ccc3n3c4ccccc4nc3c21. The molecule has 0 atom stereocenters. The van der Waals surface area contributed by atoms with Gasteiger partial charge in [0, 0.05) is 91.9 Å². The van der Waals surface area contributed by atoms with Crippen molar-refractivity contribution in [1.29, 1.82) is 0 Å². The molecule has 0 radical (unpaired) electrons. The number of rotatable bonds is 6. The van der Waals surface area contributed by atoms with Crippen LogP contribution in [0.5, 0.6) is 0 Å². The first-order valence-electron chi connectivity index (χ1n) is 42.5. The fourth-order valence-corrected chi connectivity index (χ4v) is 20.7. The quantitative estimate of drug-likeness (QED) is 0.123. The maximum Gasteiger partial charge on any atom is 0.494 e. The molecule has 124 heavy (non-hydrogen) atoms. The first-order chi connectivity index (χ1) is 60.9. The van der Waals surface area contributed by atoms with E-state index in [1.807, 2.05) is 6.07 Å². The summed E-state index contributed by atoms with van der Waals surface area (Å²) in [5.74, 6) is 0. The second kappa shape index (κ2) is 27.6. The molecule has 0 bridgehead atoms. The number of hydrogen-bond donors (Lipinski definition) is 0. The van der Waals surface area contributed by atoms with Crippen LogP contribution in [0.3, 0.4) is 0 Å². The average molecular weight is 1660 g/mol. The molecule has 1 aliphatic rings. The van der Waals surface area contributed by atoms with Crippen molar-refractivity contribution in [2.75, 3.05) is 0 Å². The normalized spacial score (nSPS) is 13.6. The Morgan fingerprint density at radius 2 is 0.540 bits per heavy atom. The minimum atomic E-state index is -0.403. The molecule has 0 unspecified atom stereocenters. The van der Waals surface area contributed by atoms with E-state index in [2.05, 4.69) is 453 Å². The van der Waals surface area contributed by atoms with Crippen LogP contribution in [-0.4, -0.2) is 55.4 Å². The Bertz CT molecular complexity index is 8540. The van der Waals surface area contributed by atoms with Crippen LogP contribution in [-0.2, 0) is 9.31 Å². The number of halogens is 1. The van der Waals surface area contributed by atoms with E-state index in [9.17, 15) is 0 Å². The second-order valence-corrected chi connectivity index (χ2v) is 34.8. The smallest absolute Gasteiger partial charge is 0.399 e. The lowest BCUT2D eigenvalue weighted by Crippen LogP contribution is -2.41. The summed E-state index contributed by atoms with van der Waals surface area (Å²) < 4.78 is 28.1. The molecule has 8 aromatic heterocycles. The van der Waals surface area contributed by atoms with E-state index < -0.39 is 7.12 Å². The van der Waals surface area contributed by atoms with Gasteiger partial charge in [0.15, 0.2) is 0 Å². The molecule has 0 spiro atoms. The van der Waals surface area contributed by atoms with Gasteiger partial charge in [-0.15, -0.1) is 0 Å². The summed E-state index contributed by atoms with van der Waals surface area (Å²) in [6.45, 7) is 8.38. The molecule has 586 valence electrons. The largest absolute Gasteiger partial charge is 0.494 e. The molecule has 9 heterocycles. The first-order valence-corrected chi connectivity index (χ1v) is 43.3. The number of pyridine rings is 2. The molecular formula is C112H76BBrN8O2. The lowest BCUT2D eigenvalue weighted by molar-refractivity contribution is 0.00578. The molecule has 10 nitrogen and oxygen atoms in total. The summed E-state index contributed by atoms with van der Waals surface area (Å²) in [5, 5.41) is 22.0. The molecule has 27 rings (SSSR count). The van der Waals surface area contributed by atoms with Crippen molar-refractivity contribution in [3.8, 4) is 33.9 Å². The first kappa shape index (κ1) is 72.0. The van der Waals surface area contributed by atoms with Gasteiger partial charge in [-0.3, -0.25) is 8.80 Å². The predicted molar refractivity (Wildman–Crippen MR) is 523 cm³/mol. The second-order valence-electron chi connectivity index (χ2n) is 33.9. The maximum absolute atomic E-state index is 6.38. The van der Waals surface area contributed by atoms with E-state index >= 15 is 0 Å². The van der Waals surface area contributed by atoms with Crippen LogP contribution < -0.4 is 5.46 Å². The van der Waals surface area contributed by atoms with Gasteiger partial charge in [-0.2, -0.15) is 0 Å². The third-order valence-electron chi connectivity index (χ3n) is 26.5. The highest BCUT2D eigenvalue weighted by molar-refractivity contribution is 9.10. The Morgan fingerprint density at radius 1 is 0.242 bits per heavy atom. The molecule has 1 aliphatic heterocycles.